The zero-order valence-corrected chi connectivity index (χ0v) is 11.1. The Balaban J connectivity index is 1.73. The summed E-state index contributed by atoms with van der Waals surface area (Å²) in [5.41, 5.74) is 1.27. The van der Waals surface area contributed by atoms with Crippen LogP contribution in [-0.2, 0) is 14.3 Å². The molecule has 0 aliphatic carbocycles. The Kier molecular flexibility index (Phi) is 3.53. The molecule has 0 aromatic heterocycles. The molecule has 4 nitrogen and oxygen atoms in total. The molecular weight excluding hydrogens is 242 g/mol. The first-order valence-corrected chi connectivity index (χ1v) is 6.83. The van der Waals surface area contributed by atoms with Crippen molar-refractivity contribution in [3.05, 3.63) is 35.9 Å². The highest BCUT2D eigenvalue weighted by molar-refractivity contribution is 5.66. The first-order valence-electron chi connectivity index (χ1n) is 6.83. The molecule has 2 heterocycles. The summed E-state index contributed by atoms with van der Waals surface area (Å²) in [4.78, 5) is 13.4. The summed E-state index contributed by atoms with van der Waals surface area (Å²) < 4.78 is 11.2. The van der Waals surface area contributed by atoms with Crippen LogP contribution in [0.25, 0.3) is 0 Å². The predicted octanol–water partition coefficient (Wildman–Crippen LogP) is 2.11. The summed E-state index contributed by atoms with van der Waals surface area (Å²) in [5, 5.41) is 0. The zero-order valence-electron chi connectivity index (χ0n) is 11.1. The van der Waals surface area contributed by atoms with E-state index in [2.05, 4.69) is 29.2 Å². The Hall–Kier alpha value is -1.39. The maximum absolute atomic E-state index is 11.1. The average molecular weight is 261 g/mol. The van der Waals surface area contributed by atoms with Crippen LogP contribution >= 0.6 is 0 Å². The second kappa shape index (κ2) is 5.31. The summed E-state index contributed by atoms with van der Waals surface area (Å²) in [6.45, 7) is 2.96. The largest absolute Gasteiger partial charge is 0.461 e. The summed E-state index contributed by atoms with van der Waals surface area (Å²) in [5.74, 6) is -0.195. The van der Waals surface area contributed by atoms with Crippen molar-refractivity contribution < 1.29 is 14.3 Å². The van der Waals surface area contributed by atoms with E-state index in [9.17, 15) is 4.79 Å². The van der Waals surface area contributed by atoms with Gasteiger partial charge < -0.3 is 9.47 Å². The van der Waals surface area contributed by atoms with E-state index in [4.69, 9.17) is 9.47 Å². The second-order valence-electron chi connectivity index (χ2n) is 5.22. The minimum absolute atomic E-state index is 0.00154. The SMILES string of the molecule is CC(=O)O[C@H]1CCC2OC[C@@H](c3ccccc3)N2C1. The third-order valence-electron chi connectivity index (χ3n) is 3.88. The average Bonchev–Trinajstić information content (AvgIpc) is 2.82. The molecule has 2 aliphatic rings. The molecule has 1 aromatic carbocycles. The Morgan fingerprint density at radius 2 is 2.11 bits per heavy atom. The molecule has 0 amide bonds. The number of carbonyl (C=O) groups excluding carboxylic acids is 1. The number of fused-ring (bicyclic) bond motifs is 1. The highest BCUT2D eigenvalue weighted by Gasteiger charge is 2.40. The fraction of sp³-hybridized carbons (Fsp3) is 0.533. The lowest BCUT2D eigenvalue weighted by atomic mass is 10.0. The van der Waals surface area contributed by atoms with E-state index in [0.29, 0.717) is 0 Å². The van der Waals surface area contributed by atoms with Gasteiger partial charge in [-0.2, -0.15) is 0 Å². The first-order chi connectivity index (χ1) is 9.24. The molecule has 0 bridgehead atoms. The maximum atomic E-state index is 11.1. The first kappa shape index (κ1) is 12.6. The van der Waals surface area contributed by atoms with Gasteiger partial charge in [-0.25, -0.2) is 0 Å². The lowest BCUT2D eigenvalue weighted by molar-refractivity contribution is -0.152. The van der Waals surface area contributed by atoms with Crippen LogP contribution in [0.1, 0.15) is 31.4 Å². The number of rotatable bonds is 2. The van der Waals surface area contributed by atoms with Crippen molar-refractivity contribution in [2.45, 2.75) is 38.1 Å². The quantitative estimate of drug-likeness (QED) is 0.764. The van der Waals surface area contributed by atoms with Crippen molar-refractivity contribution in [1.29, 1.82) is 0 Å². The summed E-state index contributed by atoms with van der Waals surface area (Å²) in [7, 11) is 0. The van der Waals surface area contributed by atoms with Crippen molar-refractivity contribution in [1.82, 2.24) is 4.90 Å². The topological polar surface area (TPSA) is 38.8 Å². The van der Waals surface area contributed by atoms with Crippen molar-refractivity contribution in [3.63, 3.8) is 0 Å². The van der Waals surface area contributed by atoms with Gasteiger partial charge in [-0.15, -0.1) is 0 Å². The van der Waals surface area contributed by atoms with Crippen LogP contribution in [0.5, 0.6) is 0 Å². The van der Waals surface area contributed by atoms with E-state index in [-0.39, 0.29) is 24.3 Å². The lowest BCUT2D eigenvalue weighted by Crippen LogP contribution is -2.44. The third-order valence-corrected chi connectivity index (χ3v) is 3.88. The molecule has 0 saturated carbocycles. The van der Waals surface area contributed by atoms with E-state index in [1.54, 1.807) is 0 Å². The van der Waals surface area contributed by atoms with E-state index in [1.165, 1.54) is 12.5 Å². The van der Waals surface area contributed by atoms with Crippen molar-refractivity contribution in [2.75, 3.05) is 13.2 Å². The molecule has 1 unspecified atom stereocenters. The van der Waals surface area contributed by atoms with Gasteiger partial charge in [0.05, 0.1) is 12.6 Å². The number of hydrogen-bond acceptors (Lipinski definition) is 4. The Bertz CT molecular complexity index is 448. The molecule has 102 valence electrons. The molecular formula is C15H19NO3. The van der Waals surface area contributed by atoms with Crippen LogP contribution in [0.4, 0.5) is 0 Å². The van der Waals surface area contributed by atoms with Gasteiger partial charge in [0.15, 0.2) is 0 Å². The predicted molar refractivity (Wildman–Crippen MR) is 70.4 cm³/mol. The van der Waals surface area contributed by atoms with Gasteiger partial charge in [-0.05, 0) is 18.4 Å². The standard InChI is InChI=1S/C15H19NO3/c1-11(17)19-13-7-8-15-16(9-13)14(10-18-15)12-5-3-2-4-6-12/h2-6,13-15H,7-10H2,1H3/t13-,14-,15?/m0/s1. The summed E-state index contributed by atoms with van der Waals surface area (Å²) in [6, 6.07) is 10.7. The molecule has 0 radical (unpaired) electrons. The second-order valence-corrected chi connectivity index (χ2v) is 5.22. The van der Waals surface area contributed by atoms with Crippen molar-refractivity contribution in [3.8, 4) is 0 Å². The fourth-order valence-corrected chi connectivity index (χ4v) is 3.04. The normalized spacial score (nSPS) is 30.9. The van der Waals surface area contributed by atoms with Crippen molar-refractivity contribution in [2.24, 2.45) is 0 Å². The monoisotopic (exact) mass is 261 g/mol. The van der Waals surface area contributed by atoms with Crippen LogP contribution in [0.3, 0.4) is 0 Å². The van der Waals surface area contributed by atoms with Gasteiger partial charge in [0.25, 0.3) is 0 Å². The molecule has 3 rings (SSSR count). The summed E-state index contributed by atoms with van der Waals surface area (Å²) >= 11 is 0. The van der Waals surface area contributed by atoms with E-state index in [1.807, 2.05) is 6.07 Å². The molecule has 2 saturated heterocycles. The number of esters is 1. The van der Waals surface area contributed by atoms with Gasteiger partial charge in [-0.1, -0.05) is 30.3 Å². The van der Waals surface area contributed by atoms with Crippen molar-refractivity contribution >= 4 is 5.97 Å². The van der Waals surface area contributed by atoms with Crippen LogP contribution in [0.15, 0.2) is 30.3 Å². The van der Waals surface area contributed by atoms with Crippen LogP contribution in [0, 0.1) is 0 Å². The fourth-order valence-electron chi connectivity index (χ4n) is 3.04. The molecule has 3 atom stereocenters. The van der Waals surface area contributed by atoms with Gasteiger partial charge in [0.2, 0.25) is 0 Å². The smallest absolute Gasteiger partial charge is 0.302 e. The van der Waals surface area contributed by atoms with Gasteiger partial charge in [0.1, 0.15) is 12.3 Å². The molecule has 4 heteroatoms. The number of piperidine rings is 1. The van der Waals surface area contributed by atoms with Gasteiger partial charge in [0, 0.05) is 13.5 Å². The van der Waals surface area contributed by atoms with Gasteiger partial charge in [-0.3, -0.25) is 9.69 Å². The van der Waals surface area contributed by atoms with Gasteiger partial charge >= 0.3 is 5.97 Å². The maximum Gasteiger partial charge on any atom is 0.302 e. The lowest BCUT2D eigenvalue weighted by Gasteiger charge is -2.36. The molecule has 2 aliphatic heterocycles. The molecule has 0 N–H and O–H groups in total. The molecule has 19 heavy (non-hydrogen) atoms. The minimum Gasteiger partial charge on any atom is -0.461 e. The number of ether oxygens (including phenoxy) is 2. The molecule has 0 spiro atoms. The summed E-state index contributed by atoms with van der Waals surface area (Å²) in [6.07, 6.45) is 2.00. The van der Waals surface area contributed by atoms with E-state index >= 15 is 0 Å². The number of benzene rings is 1. The Morgan fingerprint density at radius 1 is 1.32 bits per heavy atom. The van der Waals surface area contributed by atoms with E-state index < -0.39 is 0 Å². The van der Waals surface area contributed by atoms with Crippen LogP contribution in [-0.4, -0.2) is 36.4 Å². The van der Waals surface area contributed by atoms with Crippen LogP contribution in [0.2, 0.25) is 0 Å². The Labute approximate surface area is 113 Å². The molecule has 1 aromatic rings. The third kappa shape index (κ3) is 2.65. The highest BCUT2D eigenvalue weighted by Crippen LogP contribution is 2.35. The highest BCUT2D eigenvalue weighted by atomic mass is 16.5. The van der Waals surface area contributed by atoms with Crippen LogP contribution < -0.4 is 0 Å². The van der Waals surface area contributed by atoms with E-state index in [0.717, 1.165) is 26.0 Å². The zero-order chi connectivity index (χ0) is 13.2. The Morgan fingerprint density at radius 3 is 2.84 bits per heavy atom. The number of carbonyl (C=O) groups is 1. The number of hydrogen-bond donors (Lipinski definition) is 0. The number of nitrogens with zero attached hydrogens (tertiary/aromatic N) is 1. The molecule has 2 fully saturated rings. The minimum atomic E-state index is -0.195.